The summed E-state index contributed by atoms with van der Waals surface area (Å²) in [5, 5.41) is 9.71. The van der Waals surface area contributed by atoms with Crippen LogP contribution in [0.5, 0.6) is 0 Å². The number of esters is 2. The second-order valence-electron chi connectivity index (χ2n) is 18.1. The highest BCUT2D eigenvalue weighted by Crippen LogP contribution is 2.53. The van der Waals surface area contributed by atoms with E-state index in [9.17, 15) is 14.7 Å². The van der Waals surface area contributed by atoms with Gasteiger partial charge in [0.1, 0.15) is 6.10 Å². The zero-order valence-electron chi connectivity index (χ0n) is 37.0. The van der Waals surface area contributed by atoms with E-state index in [0.29, 0.717) is 18.4 Å². The van der Waals surface area contributed by atoms with Crippen LogP contribution in [-0.4, -0.2) is 60.9 Å². The van der Waals surface area contributed by atoms with Crippen molar-refractivity contribution in [3.63, 3.8) is 0 Å². The SMILES string of the molecule is CCCCCCCCCOC(=O)C(C)(C)CCCCCCN(CCO)CCCC1(CCCC(=O)OC(CCCCCCCC)CCCCCCCC)CC1. The van der Waals surface area contributed by atoms with Crippen molar-refractivity contribution in [2.24, 2.45) is 10.8 Å². The van der Waals surface area contributed by atoms with Gasteiger partial charge in [0.15, 0.2) is 0 Å². The quantitative estimate of drug-likeness (QED) is 0.0494. The van der Waals surface area contributed by atoms with E-state index in [1.807, 2.05) is 13.8 Å². The van der Waals surface area contributed by atoms with Gasteiger partial charge in [-0.05, 0) is 116 Å². The standard InChI is InChI=1S/C48H93NO5/c1-6-9-12-15-18-23-28-43-53-46(52)47(4,5)34-26-21-22-27-39-49(41-42-50)40-30-36-48(37-38-48)35-29-33-45(51)54-44(31-24-19-16-13-10-7-2)32-25-20-17-14-11-8-3/h44,50H,6-43H2,1-5H3. The summed E-state index contributed by atoms with van der Waals surface area (Å²) >= 11 is 0. The van der Waals surface area contributed by atoms with E-state index in [0.717, 1.165) is 96.7 Å². The summed E-state index contributed by atoms with van der Waals surface area (Å²) in [5.74, 6) is -0.00796. The highest BCUT2D eigenvalue weighted by molar-refractivity contribution is 5.75. The second kappa shape index (κ2) is 33.9. The molecule has 0 radical (unpaired) electrons. The van der Waals surface area contributed by atoms with Crippen LogP contribution in [0.4, 0.5) is 0 Å². The molecule has 0 saturated heterocycles. The van der Waals surface area contributed by atoms with Crippen molar-refractivity contribution in [2.75, 3.05) is 32.8 Å². The molecule has 6 nitrogen and oxygen atoms in total. The van der Waals surface area contributed by atoms with Crippen LogP contribution in [0.3, 0.4) is 0 Å². The Balaban J connectivity index is 2.26. The van der Waals surface area contributed by atoms with Crippen LogP contribution in [-0.2, 0) is 19.1 Å². The first-order valence-corrected chi connectivity index (χ1v) is 23.9. The molecule has 1 rings (SSSR count). The number of ether oxygens (including phenoxy) is 2. The molecule has 1 N–H and O–H groups in total. The highest BCUT2D eigenvalue weighted by atomic mass is 16.5. The van der Waals surface area contributed by atoms with Gasteiger partial charge in [-0.3, -0.25) is 9.59 Å². The third-order valence-corrected chi connectivity index (χ3v) is 12.3. The molecule has 0 bridgehead atoms. The molecule has 0 aromatic rings. The second-order valence-corrected chi connectivity index (χ2v) is 18.1. The first-order valence-electron chi connectivity index (χ1n) is 23.9. The number of carbonyl (C=O) groups excluding carboxylic acids is 2. The molecule has 320 valence electrons. The van der Waals surface area contributed by atoms with E-state index in [2.05, 4.69) is 25.7 Å². The van der Waals surface area contributed by atoms with Crippen LogP contribution in [0.2, 0.25) is 0 Å². The monoisotopic (exact) mass is 764 g/mol. The van der Waals surface area contributed by atoms with Crippen LogP contribution in [0.1, 0.15) is 247 Å². The highest BCUT2D eigenvalue weighted by Gasteiger charge is 2.41. The Bertz CT molecular complexity index is 855. The van der Waals surface area contributed by atoms with Crippen molar-refractivity contribution in [3.8, 4) is 0 Å². The fraction of sp³-hybridized carbons (Fsp3) is 0.958. The molecule has 0 aromatic carbocycles. The van der Waals surface area contributed by atoms with Gasteiger partial charge in [-0.25, -0.2) is 0 Å². The molecule has 1 saturated carbocycles. The molecule has 54 heavy (non-hydrogen) atoms. The molecule has 0 unspecified atom stereocenters. The number of nitrogens with zero attached hydrogens (tertiary/aromatic N) is 1. The Kier molecular flexibility index (Phi) is 32.0. The number of aliphatic hydroxyl groups is 1. The van der Waals surface area contributed by atoms with Gasteiger partial charge < -0.3 is 19.5 Å². The molecular weight excluding hydrogens is 671 g/mol. The fourth-order valence-electron chi connectivity index (χ4n) is 8.15. The van der Waals surface area contributed by atoms with Crippen LogP contribution in [0.15, 0.2) is 0 Å². The van der Waals surface area contributed by atoms with E-state index in [1.165, 1.54) is 128 Å². The third-order valence-electron chi connectivity index (χ3n) is 12.3. The molecule has 1 fully saturated rings. The Morgan fingerprint density at radius 3 is 1.65 bits per heavy atom. The largest absolute Gasteiger partial charge is 0.465 e. The van der Waals surface area contributed by atoms with Crippen LogP contribution in [0, 0.1) is 10.8 Å². The number of unbranched alkanes of at least 4 members (excludes halogenated alkanes) is 19. The molecule has 0 aliphatic heterocycles. The topological polar surface area (TPSA) is 76.1 Å². The first kappa shape index (κ1) is 50.9. The number of hydrogen-bond acceptors (Lipinski definition) is 6. The average Bonchev–Trinajstić information content (AvgIpc) is 3.92. The zero-order valence-corrected chi connectivity index (χ0v) is 37.0. The van der Waals surface area contributed by atoms with Gasteiger partial charge in [0.25, 0.3) is 0 Å². The Labute approximate surface area is 336 Å². The van der Waals surface area contributed by atoms with Crippen molar-refractivity contribution in [1.82, 2.24) is 4.90 Å². The van der Waals surface area contributed by atoms with Crippen LogP contribution in [0.25, 0.3) is 0 Å². The van der Waals surface area contributed by atoms with E-state index in [1.54, 1.807) is 0 Å². The maximum atomic E-state index is 12.9. The first-order chi connectivity index (χ1) is 26.2. The number of rotatable bonds is 41. The van der Waals surface area contributed by atoms with Gasteiger partial charge in [0, 0.05) is 13.0 Å². The maximum absolute atomic E-state index is 12.9. The van der Waals surface area contributed by atoms with Crippen molar-refractivity contribution < 1.29 is 24.2 Å². The minimum absolute atomic E-state index is 0.0317. The Hall–Kier alpha value is -1.14. The van der Waals surface area contributed by atoms with Crippen molar-refractivity contribution in [3.05, 3.63) is 0 Å². The lowest BCUT2D eigenvalue weighted by Crippen LogP contribution is -2.29. The van der Waals surface area contributed by atoms with Crippen molar-refractivity contribution in [1.29, 1.82) is 0 Å². The molecule has 1 aliphatic rings. The molecule has 0 spiro atoms. The molecule has 0 heterocycles. The summed E-state index contributed by atoms with van der Waals surface area (Å²) in [6, 6.07) is 0. The Morgan fingerprint density at radius 1 is 0.611 bits per heavy atom. The smallest absolute Gasteiger partial charge is 0.311 e. The summed E-state index contributed by atoms with van der Waals surface area (Å²) in [6.07, 6.45) is 39.2. The lowest BCUT2D eigenvalue weighted by atomic mass is 9.87. The van der Waals surface area contributed by atoms with Gasteiger partial charge in [-0.2, -0.15) is 0 Å². The van der Waals surface area contributed by atoms with E-state index in [-0.39, 0.29) is 24.6 Å². The minimum atomic E-state index is -0.411. The van der Waals surface area contributed by atoms with Gasteiger partial charge in [-0.15, -0.1) is 0 Å². The lowest BCUT2D eigenvalue weighted by Gasteiger charge is -2.24. The number of hydrogen-bond donors (Lipinski definition) is 1. The van der Waals surface area contributed by atoms with Crippen molar-refractivity contribution in [2.45, 2.75) is 253 Å². The summed E-state index contributed by atoms with van der Waals surface area (Å²) in [5.41, 5.74) is 0.0236. The molecular formula is C48H93NO5. The molecule has 0 atom stereocenters. The summed E-state index contributed by atoms with van der Waals surface area (Å²) in [7, 11) is 0. The number of carbonyl (C=O) groups is 2. The fourth-order valence-corrected chi connectivity index (χ4v) is 8.15. The normalized spacial score (nSPS) is 13.9. The van der Waals surface area contributed by atoms with E-state index in [4.69, 9.17) is 9.47 Å². The van der Waals surface area contributed by atoms with Gasteiger partial charge in [0.2, 0.25) is 0 Å². The third kappa shape index (κ3) is 28.3. The van der Waals surface area contributed by atoms with E-state index < -0.39 is 5.41 Å². The summed E-state index contributed by atoms with van der Waals surface area (Å²) < 4.78 is 11.8. The number of aliphatic hydroxyl groups excluding tert-OH is 1. The van der Waals surface area contributed by atoms with E-state index >= 15 is 0 Å². The summed E-state index contributed by atoms with van der Waals surface area (Å²) in [4.78, 5) is 28.1. The average molecular weight is 764 g/mol. The molecule has 1 aliphatic carbocycles. The predicted octanol–water partition coefficient (Wildman–Crippen LogP) is 13.7. The molecule has 0 amide bonds. The molecule has 6 heteroatoms. The minimum Gasteiger partial charge on any atom is -0.465 e. The summed E-state index contributed by atoms with van der Waals surface area (Å²) in [6.45, 7) is 14.4. The van der Waals surface area contributed by atoms with Gasteiger partial charge in [-0.1, -0.05) is 143 Å². The maximum Gasteiger partial charge on any atom is 0.311 e. The lowest BCUT2D eigenvalue weighted by molar-refractivity contribution is -0.154. The van der Waals surface area contributed by atoms with Crippen molar-refractivity contribution >= 4 is 11.9 Å². The zero-order chi connectivity index (χ0) is 39.6. The van der Waals surface area contributed by atoms with Gasteiger partial charge in [0.05, 0.1) is 18.6 Å². The molecule has 0 aromatic heterocycles. The van der Waals surface area contributed by atoms with Crippen LogP contribution < -0.4 is 0 Å². The predicted molar refractivity (Wildman–Crippen MR) is 230 cm³/mol. The van der Waals surface area contributed by atoms with Gasteiger partial charge >= 0.3 is 11.9 Å². The Morgan fingerprint density at radius 2 is 1.09 bits per heavy atom. The van der Waals surface area contributed by atoms with Crippen LogP contribution >= 0.6 is 0 Å².